The molecule has 0 N–H and O–H groups in total. The fourth-order valence-electron chi connectivity index (χ4n) is 2.42. The van der Waals surface area contributed by atoms with Crippen molar-refractivity contribution in [1.29, 1.82) is 0 Å². The van der Waals surface area contributed by atoms with E-state index in [1.54, 1.807) is 19.0 Å². The van der Waals surface area contributed by atoms with Gasteiger partial charge in [-0.15, -0.1) is 0 Å². The van der Waals surface area contributed by atoms with Crippen molar-refractivity contribution in [2.24, 2.45) is 0 Å². The maximum absolute atomic E-state index is 12.6. The minimum absolute atomic E-state index is 0.0680. The van der Waals surface area contributed by atoms with E-state index in [-0.39, 0.29) is 11.9 Å². The molecular weight excluding hydrogens is 288 g/mol. The molecule has 1 unspecified atom stereocenters. The Kier molecular flexibility index (Phi) is 6.18. The van der Waals surface area contributed by atoms with E-state index in [0.29, 0.717) is 13.2 Å². The number of para-hydroxylation sites is 1. The van der Waals surface area contributed by atoms with Gasteiger partial charge in [0.15, 0.2) is 0 Å². The third-order valence-corrected chi connectivity index (χ3v) is 3.69. The van der Waals surface area contributed by atoms with Crippen molar-refractivity contribution >= 4 is 5.91 Å². The lowest BCUT2D eigenvalue weighted by atomic mass is 10.0. The number of likely N-dealkylation sites (N-methyl/N-ethyl adjacent to an activating group) is 2. The third kappa shape index (κ3) is 4.83. The van der Waals surface area contributed by atoms with Gasteiger partial charge in [0.2, 0.25) is 5.91 Å². The highest BCUT2D eigenvalue weighted by atomic mass is 16.5. The maximum Gasteiger partial charge on any atom is 0.244 e. The number of benzene rings is 2. The van der Waals surface area contributed by atoms with Crippen LogP contribution in [0.3, 0.4) is 0 Å². The molecule has 2 aromatic carbocycles. The minimum Gasteiger partial charge on any atom is -0.492 e. The molecule has 0 radical (unpaired) electrons. The van der Waals surface area contributed by atoms with Crippen LogP contribution >= 0.6 is 0 Å². The summed E-state index contributed by atoms with van der Waals surface area (Å²) in [6.07, 6.45) is 0. The molecule has 0 bridgehead atoms. The van der Waals surface area contributed by atoms with Crippen molar-refractivity contribution in [2.75, 3.05) is 34.3 Å². The standard InChI is InChI=1S/C19H24N2O2/c1-20(2)19(22)18(16-10-6-4-7-11-16)21(3)14-15-23-17-12-8-5-9-13-17/h4-13,18H,14-15H2,1-3H3. The first-order valence-corrected chi connectivity index (χ1v) is 7.74. The quantitative estimate of drug-likeness (QED) is 0.788. The molecule has 2 rings (SSSR count). The number of hydrogen-bond acceptors (Lipinski definition) is 3. The van der Waals surface area contributed by atoms with Gasteiger partial charge in [-0.1, -0.05) is 48.5 Å². The predicted octanol–water partition coefficient (Wildman–Crippen LogP) is 2.83. The number of carbonyl (C=O) groups excluding carboxylic acids is 1. The molecule has 0 spiro atoms. The lowest BCUT2D eigenvalue weighted by Gasteiger charge is -2.29. The Morgan fingerprint density at radius 1 is 0.957 bits per heavy atom. The summed E-state index contributed by atoms with van der Waals surface area (Å²) >= 11 is 0. The van der Waals surface area contributed by atoms with E-state index in [9.17, 15) is 4.79 Å². The summed E-state index contributed by atoms with van der Waals surface area (Å²) in [7, 11) is 5.52. The van der Waals surface area contributed by atoms with Crippen molar-refractivity contribution in [1.82, 2.24) is 9.80 Å². The monoisotopic (exact) mass is 312 g/mol. The van der Waals surface area contributed by atoms with Gasteiger partial charge in [0, 0.05) is 20.6 Å². The van der Waals surface area contributed by atoms with Gasteiger partial charge < -0.3 is 9.64 Å². The van der Waals surface area contributed by atoms with Crippen molar-refractivity contribution in [3.8, 4) is 5.75 Å². The molecule has 1 amide bonds. The molecule has 122 valence electrons. The molecule has 0 aliphatic heterocycles. The zero-order valence-electron chi connectivity index (χ0n) is 14.0. The maximum atomic E-state index is 12.6. The van der Waals surface area contributed by atoms with Gasteiger partial charge in [-0.2, -0.15) is 0 Å². The summed E-state index contributed by atoms with van der Waals surface area (Å²) in [4.78, 5) is 16.2. The summed E-state index contributed by atoms with van der Waals surface area (Å²) < 4.78 is 5.74. The highest BCUT2D eigenvalue weighted by molar-refractivity contribution is 5.82. The Morgan fingerprint density at radius 2 is 1.52 bits per heavy atom. The summed E-state index contributed by atoms with van der Waals surface area (Å²) in [5.74, 6) is 0.912. The van der Waals surface area contributed by atoms with E-state index in [4.69, 9.17) is 4.74 Å². The number of nitrogens with zero attached hydrogens (tertiary/aromatic N) is 2. The Bertz CT molecular complexity index is 599. The molecule has 4 nitrogen and oxygen atoms in total. The molecule has 0 aliphatic carbocycles. The Balaban J connectivity index is 2.02. The molecule has 0 fully saturated rings. The first kappa shape index (κ1) is 17.0. The summed E-state index contributed by atoms with van der Waals surface area (Å²) in [6, 6.07) is 19.3. The minimum atomic E-state index is -0.300. The van der Waals surface area contributed by atoms with Crippen LogP contribution in [0.2, 0.25) is 0 Å². The van der Waals surface area contributed by atoms with Crippen LogP contribution in [-0.2, 0) is 4.79 Å². The second-order valence-electron chi connectivity index (χ2n) is 5.69. The van der Waals surface area contributed by atoms with E-state index < -0.39 is 0 Å². The third-order valence-electron chi connectivity index (χ3n) is 3.69. The van der Waals surface area contributed by atoms with Gasteiger partial charge >= 0.3 is 0 Å². The second-order valence-corrected chi connectivity index (χ2v) is 5.69. The topological polar surface area (TPSA) is 32.8 Å². The molecule has 0 saturated carbocycles. The zero-order valence-corrected chi connectivity index (χ0v) is 14.0. The van der Waals surface area contributed by atoms with Crippen LogP contribution in [-0.4, -0.2) is 50.0 Å². The molecule has 1 atom stereocenters. The second kappa shape index (κ2) is 8.34. The number of amides is 1. The fourth-order valence-corrected chi connectivity index (χ4v) is 2.42. The van der Waals surface area contributed by atoms with Crippen molar-refractivity contribution in [2.45, 2.75) is 6.04 Å². The van der Waals surface area contributed by atoms with Crippen LogP contribution in [0.25, 0.3) is 0 Å². The van der Waals surface area contributed by atoms with E-state index in [1.165, 1.54) is 0 Å². The van der Waals surface area contributed by atoms with Crippen LogP contribution in [0.5, 0.6) is 5.75 Å². The zero-order chi connectivity index (χ0) is 16.7. The molecular formula is C19H24N2O2. The predicted molar refractivity (Wildman–Crippen MR) is 92.4 cm³/mol. The Hall–Kier alpha value is -2.33. The van der Waals surface area contributed by atoms with Crippen LogP contribution in [0.4, 0.5) is 0 Å². The SMILES string of the molecule is CN(C)C(=O)C(c1ccccc1)N(C)CCOc1ccccc1. The Morgan fingerprint density at radius 3 is 2.09 bits per heavy atom. The summed E-state index contributed by atoms with van der Waals surface area (Å²) in [5.41, 5.74) is 0.994. The first-order chi connectivity index (χ1) is 11.1. The highest BCUT2D eigenvalue weighted by Crippen LogP contribution is 2.21. The van der Waals surface area contributed by atoms with Gasteiger partial charge in [0.25, 0.3) is 0 Å². The number of carbonyl (C=O) groups is 1. The molecule has 23 heavy (non-hydrogen) atoms. The normalized spacial score (nSPS) is 12.0. The molecule has 0 aromatic heterocycles. The summed E-state index contributed by atoms with van der Waals surface area (Å²) in [6.45, 7) is 1.19. The number of rotatable bonds is 7. The smallest absolute Gasteiger partial charge is 0.244 e. The lowest BCUT2D eigenvalue weighted by Crippen LogP contribution is -2.39. The van der Waals surface area contributed by atoms with Gasteiger partial charge in [0.05, 0.1) is 0 Å². The van der Waals surface area contributed by atoms with Crippen molar-refractivity contribution < 1.29 is 9.53 Å². The van der Waals surface area contributed by atoms with E-state index in [1.807, 2.05) is 72.6 Å². The average molecular weight is 312 g/mol. The fraction of sp³-hybridized carbons (Fsp3) is 0.316. The van der Waals surface area contributed by atoms with Crippen LogP contribution in [0.1, 0.15) is 11.6 Å². The van der Waals surface area contributed by atoms with Crippen molar-refractivity contribution in [3.05, 3.63) is 66.2 Å². The first-order valence-electron chi connectivity index (χ1n) is 7.74. The average Bonchev–Trinajstić information content (AvgIpc) is 2.57. The molecule has 0 aliphatic rings. The Labute approximate surface area is 138 Å². The number of ether oxygens (including phenoxy) is 1. The largest absolute Gasteiger partial charge is 0.492 e. The molecule has 4 heteroatoms. The summed E-state index contributed by atoms with van der Waals surface area (Å²) in [5, 5.41) is 0. The molecule has 0 saturated heterocycles. The molecule has 0 heterocycles. The van der Waals surface area contributed by atoms with Crippen LogP contribution < -0.4 is 4.74 Å². The van der Waals surface area contributed by atoms with Crippen LogP contribution in [0, 0.1) is 0 Å². The van der Waals surface area contributed by atoms with Crippen LogP contribution in [0.15, 0.2) is 60.7 Å². The van der Waals surface area contributed by atoms with E-state index in [0.717, 1.165) is 11.3 Å². The van der Waals surface area contributed by atoms with Gasteiger partial charge in [-0.3, -0.25) is 9.69 Å². The lowest BCUT2D eigenvalue weighted by molar-refractivity contribution is -0.134. The van der Waals surface area contributed by atoms with Gasteiger partial charge in [-0.25, -0.2) is 0 Å². The van der Waals surface area contributed by atoms with E-state index >= 15 is 0 Å². The van der Waals surface area contributed by atoms with Gasteiger partial charge in [0.1, 0.15) is 18.4 Å². The highest BCUT2D eigenvalue weighted by Gasteiger charge is 2.26. The van der Waals surface area contributed by atoms with E-state index in [2.05, 4.69) is 0 Å². The molecule has 2 aromatic rings. The van der Waals surface area contributed by atoms with Crippen molar-refractivity contribution in [3.63, 3.8) is 0 Å². The van der Waals surface area contributed by atoms with Gasteiger partial charge in [-0.05, 0) is 24.7 Å². The number of hydrogen-bond donors (Lipinski definition) is 0.